The van der Waals surface area contributed by atoms with Crippen LogP contribution in [0.5, 0.6) is 0 Å². The van der Waals surface area contributed by atoms with E-state index in [4.69, 9.17) is 28.1 Å². The summed E-state index contributed by atoms with van der Waals surface area (Å²) in [6, 6.07) is 0. The Hall–Kier alpha value is 0.500. The van der Waals surface area contributed by atoms with Crippen LogP contribution in [0.15, 0.2) is 0 Å². The number of hydrogen-bond donors (Lipinski definition) is 0. The summed E-state index contributed by atoms with van der Waals surface area (Å²) in [6.45, 7) is 8.05. The van der Waals surface area contributed by atoms with Gasteiger partial charge in [0.2, 0.25) is 0 Å². The predicted octanol–water partition coefficient (Wildman–Crippen LogP) is 5.66. The summed E-state index contributed by atoms with van der Waals surface area (Å²) < 4.78 is 0. The molecule has 4 heteroatoms. The minimum absolute atomic E-state index is 0. The Balaban J connectivity index is -0.000000105. The van der Waals surface area contributed by atoms with Gasteiger partial charge in [-0.15, -0.1) is 23.2 Å². The highest BCUT2D eigenvalue weighted by Gasteiger charge is 2.08. The Bertz CT molecular complexity index is 122. The summed E-state index contributed by atoms with van der Waals surface area (Å²) in [6.07, 6.45) is 2.97. The third-order valence-electron chi connectivity index (χ3n) is 1.85. The van der Waals surface area contributed by atoms with Crippen LogP contribution in [0.25, 0.3) is 0 Å². The molecular formula is C13H32Cl2O2. The van der Waals surface area contributed by atoms with Gasteiger partial charge < -0.3 is 0 Å². The smallest absolute Gasteiger partial charge is 0.0915 e. The molecule has 0 aliphatic heterocycles. The van der Waals surface area contributed by atoms with Gasteiger partial charge in [0.05, 0.1) is 13.2 Å². The summed E-state index contributed by atoms with van der Waals surface area (Å²) in [7, 11) is 1.51. The third kappa shape index (κ3) is 26.2. The molecule has 0 saturated carbocycles. The molecule has 0 heterocycles. The van der Waals surface area contributed by atoms with E-state index in [-0.39, 0.29) is 26.3 Å². The van der Waals surface area contributed by atoms with Crippen LogP contribution < -0.4 is 0 Å². The summed E-state index contributed by atoms with van der Waals surface area (Å²) in [4.78, 5) is 9.32. The lowest BCUT2D eigenvalue weighted by molar-refractivity contribution is -0.301. The van der Waals surface area contributed by atoms with Crippen LogP contribution in [0.4, 0.5) is 0 Å². The van der Waals surface area contributed by atoms with Crippen LogP contribution in [-0.2, 0) is 9.78 Å². The topological polar surface area (TPSA) is 18.5 Å². The van der Waals surface area contributed by atoms with Crippen molar-refractivity contribution in [3.05, 3.63) is 0 Å². The molecule has 0 bridgehead atoms. The zero-order valence-corrected chi connectivity index (χ0v) is 11.9. The SMILES string of the molecule is C.C.CCC(C)Cl.CCC(Cl)CC(C)OOC. The highest BCUT2D eigenvalue weighted by Crippen LogP contribution is 2.11. The highest BCUT2D eigenvalue weighted by atomic mass is 35.5. The standard InChI is InChI=1S/C7H15ClO2.C4H9Cl.2CH4/c1-4-7(8)5-6(2)10-9-3;1-3-4(2)5;;/h6-7H,4-5H2,1-3H3;4H,3H2,1-2H3;2*1H4. The van der Waals surface area contributed by atoms with Crippen LogP contribution in [0.3, 0.4) is 0 Å². The maximum absolute atomic E-state index is 5.86. The molecule has 3 atom stereocenters. The molecule has 0 fully saturated rings. The fourth-order valence-electron chi connectivity index (χ4n) is 0.730. The second-order valence-corrected chi connectivity index (χ2v) is 4.87. The van der Waals surface area contributed by atoms with Crippen LogP contribution in [0.1, 0.15) is 61.8 Å². The van der Waals surface area contributed by atoms with Crippen LogP contribution in [0, 0.1) is 0 Å². The molecule has 0 radical (unpaired) electrons. The van der Waals surface area contributed by atoms with E-state index < -0.39 is 0 Å². The van der Waals surface area contributed by atoms with E-state index in [0.717, 1.165) is 19.3 Å². The van der Waals surface area contributed by atoms with E-state index in [1.54, 1.807) is 0 Å². The highest BCUT2D eigenvalue weighted by molar-refractivity contribution is 6.20. The number of rotatable bonds is 6. The molecule has 0 saturated heterocycles. The molecule has 0 aromatic carbocycles. The summed E-state index contributed by atoms with van der Waals surface area (Å²) in [5.74, 6) is 0. The Kier molecular flexibility index (Phi) is 29.0. The Labute approximate surface area is 119 Å². The van der Waals surface area contributed by atoms with E-state index in [9.17, 15) is 0 Å². The van der Waals surface area contributed by atoms with Gasteiger partial charge in [-0.25, -0.2) is 9.78 Å². The largest absolute Gasteiger partial charge is 0.240 e. The zero-order chi connectivity index (χ0) is 12.3. The Morgan fingerprint density at radius 1 is 1.00 bits per heavy atom. The van der Waals surface area contributed by atoms with Gasteiger partial charge in [0.25, 0.3) is 0 Å². The van der Waals surface area contributed by atoms with Crippen molar-refractivity contribution in [3.8, 4) is 0 Å². The van der Waals surface area contributed by atoms with E-state index in [2.05, 4.69) is 18.7 Å². The molecule has 0 aliphatic rings. The fourth-order valence-corrected chi connectivity index (χ4v) is 0.981. The molecule has 0 aromatic rings. The first-order chi connectivity index (χ1) is 6.97. The second kappa shape index (κ2) is 18.9. The predicted molar refractivity (Wildman–Crippen MR) is 81.2 cm³/mol. The first-order valence-corrected chi connectivity index (χ1v) is 6.32. The van der Waals surface area contributed by atoms with Crippen molar-refractivity contribution in [2.24, 2.45) is 0 Å². The van der Waals surface area contributed by atoms with Gasteiger partial charge in [0, 0.05) is 10.8 Å². The normalized spacial score (nSPS) is 14.3. The molecular weight excluding hydrogens is 259 g/mol. The quantitative estimate of drug-likeness (QED) is 0.357. The van der Waals surface area contributed by atoms with Gasteiger partial charge in [-0.3, -0.25) is 0 Å². The van der Waals surface area contributed by atoms with Crippen molar-refractivity contribution in [1.29, 1.82) is 0 Å². The first kappa shape index (κ1) is 26.1. The van der Waals surface area contributed by atoms with Gasteiger partial charge in [-0.1, -0.05) is 28.7 Å². The summed E-state index contributed by atoms with van der Waals surface area (Å²) >= 11 is 11.3. The van der Waals surface area contributed by atoms with E-state index in [0.29, 0.717) is 5.38 Å². The van der Waals surface area contributed by atoms with Crippen molar-refractivity contribution in [2.45, 2.75) is 78.7 Å². The molecule has 3 unspecified atom stereocenters. The molecule has 0 spiro atoms. The summed E-state index contributed by atoms with van der Waals surface area (Å²) in [5.41, 5.74) is 0. The average Bonchev–Trinajstić information content (AvgIpc) is 2.18. The number of halogens is 2. The van der Waals surface area contributed by atoms with Gasteiger partial charge in [-0.05, 0) is 33.1 Å². The molecule has 0 aromatic heterocycles. The molecule has 17 heavy (non-hydrogen) atoms. The molecule has 0 aliphatic carbocycles. The fraction of sp³-hybridized carbons (Fsp3) is 1.00. The average molecular weight is 291 g/mol. The van der Waals surface area contributed by atoms with Crippen molar-refractivity contribution >= 4 is 23.2 Å². The monoisotopic (exact) mass is 290 g/mol. The number of hydrogen-bond acceptors (Lipinski definition) is 2. The van der Waals surface area contributed by atoms with Crippen LogP contribution >= 0.6 is 23.2 Å². The maximum atomic E-state index is 5.86. The Morgan fingerprint density at radius 2 is 1.41 bits per heavy atom. The first-order valence-electron chi connectivity index (χ1n) is 5.45. The van der Waals surface area contributed by atoms with Gasteiger partial charge in [0.15, 0.2) is 0 Å². The lowest BCUT2D eigenvalue weighted by atomic mass is 10.2. The van der Waals surface area contributed by atoms with E-state index in [1.807, 2.05) is 13.8 Å². The molecule has 110 valence electrons. The molecule has 0 rings (SSSR count). The van der Waals surface area contributed by atoms with Gasteiger partial charge in [-0.2, -0.15) is 0 Å². The lowest BCUT2D eigenvalue weighted by Gasteiger charge is -2.12. The summed E-state index contributed by atoms with van der Waals surface area (Å²) in [5, 5.41) is 0.556. The maximum Gasteiger partial charge on any atom is 0.0915 e. The number of alkyl halides is 2. The van der Waals surface area contributed by atoms with Crippen molar-refractivity contribution in [2.75, 3.05) is 7.11 Å². The zero-order valence-electron chi connectivity index (χ0n) is 10.4. The lowest BCUT2D eigenvalue weighted by Crippen LogP contribution is -2.13. The van der Waals surface area contributed by atoms with Gasteiger partial charge >= 0.3 is 0 Å². The molecule has 2 nitrogen and oxygen atoms in total. The Morgan fingerprint density at radius 3 is 1.65 bits per heavy atom. The van der Waals surface area contributed by atoms with Crippen molar-refractivity contribution in [1.82, 2.24) is 0 Å². The minimum Gasteiger partial charge on any atom is -0.240 e. The van der Waals surface area contributed by atoms with Crippen LogP contribution in [-0.4, -0.2) is 24.0 Å². The molecule has 0 amide bonds. The van der Waals surface area contributed by atoms with Gasteiger partial charge in [0.1, 0.15) is 0 Å². The van der Waals surface area contributed by atoms with Crippen LogP contribution in [0.2, 0.25) is 0 Å². The van der Waals surface area contributed by atoms with E-state index in [1.165, 1.54) is 7.11 Å². The van der Waals surface area contributed by atoms with E-state index >= 15 is 0 Å². The minimum atomic E-state index is 0. The molecule has 0 N–H and O–H groups in total. The van der Waals surface area contributed by atoms with Crippen molar-refractivity contribution in [3.63, 3.8) is 0 Å². The van der Waals surface area contributed by atoms with Crippen molar-refractivity contribution < 1.29 is 9.78 Å². The second-order valence-electron chi connectivity index (χ2n) is 3.50. The third-order valence-corrected chi connectivity index (χ3v) is 2.65.